The third-order valence-electron chi connectivity index (χ3n) is 5.30. The van der Waals surface area contributed by atoms with Crippen LogP contribution in [0.2, 0.25) is 0 Å². The first-order valence-corrected chi connectivity index (χ1v) is 12.7. The van der Waals surface area contributed by atoms with E-state index in [1.54, 1.807) is 13.8 Å². The van der Waals surface area contributed by atoms with Crippen LogP contribution in [0.3, 0.4) is 0 Å². The molecule has 1 heterocycles. The Hall–Kier alpha value is -2.80. The number of hydrazine groups is 1. The Morgan fingerprint density at radius 2 is 1.41 bits per heavy atom. The van der Waals surface area contributed by atoms with Crippen LogP contribution in [0.5, 0.6) is 0 Å². The molecule has 3 rings (SSSR count). The van der Waals surface area contributed by atoms with Crippen molar-refractivity contribution in [2.75, 3.05) is 13.1 Å². The molecule has 1 fully saturated rings. The summed E-state index contributed by atoms with van der Waals surface area (Å²) >= 11 is 0. The first-order chi connectivity index (χ1) is 14.9. The zero-order valence-corrected chi connectivity index (χ0v) is 19.2. The number of hydrogen-bond acceptors (Lipinski definition) is 6. The van der Waals surface area contributed by atoms with Crippen LogP contribution in [0.1, 0.15) is 44.7 Å². The molecule has 12 heteroatoms. The van der Waals surface area contributed by atoms with Gasteiger partial charge >= 0.3 is 0 Å². The van der Waals surface area contributed by atoms with E-state index in [1.165, 1.54) is 34.6 Å². The summed E-state index contributed by atoms with van der Waals surface area (Å²) in [6.07, 6.45) is 1.64. The van der Waals surface area contributed by atoms with E-state index in [-0.39, 0.29) is 20.9 Å². The second kappa shape index (κ2) is 8.98. The quantitative estimate of drug-likeness (QED) is 0.538. The van der Waals surface area contributed by atoms with Gasteiger partial charge in [0.05, 0.1) is 9.79 Å². The second-order valence-electron chi connectivity index (χ2n) is 7.51. The van der Waals surface area contributed by atoms with Crippen LogP contribution in [-0.4, -0.2) is 46.0 Å². The molecule has 172 valence electrons. The van der Waals surface area contributed by atoms with Crippen molar-refractivity contribution in [2.45, 2.75) is 36.5 Å². The minimum atomic E-state index is -4.03. The molecule has 0 radical (unpaired) electrons. The standard InChI is InChI=1S/C20H24N4O6S2/c1-13-11-16(12-18(14(13)2)31(21,27)28)20(26)23-22-19(25)15-5-7-17(8-6-15)32(29,30)24-9-3-4-10-24/h5-8,11-12H,3-4,9-10H2,1-2H3,(H,22,25)(H,23,26)(H2,21,27,28). The summed E-state index contributed by atoms with van der Waals surface area (Å²) in [7, 11) is -7.62. The van der Waals surface area contributed by atoms with Gasteiger partial charge in [0, 0.05) is 24.2 Å². The van der Waals surface area contributed by atoms with Gasteiger partial charge in [-0.05, 0) is 74.2 Å². The lowest BCUT2D eigenvalue weighted by Gasteiger charge is -2.15. The molecule has 1 aliphatic heterocycles. The SMILES string of the molecule is Cc1cc(C(=O)NNC(=O)c2ccc(S(=O)(=O)N3CCCC3)cc2)cc(S(N)(=O)=O)c1C. The maximum atomic E-state index is 12.6. The highest BCUT2D eigenvalue weighted by molar-refractivity contribution is 7.89. The van der Waals surface area contributed by atoms with Gasteiger partial charge in [-0.15, -0.1) is 0 Å². The van der Waals surface area contributed by atoms with E-state index < -0.39 is 31.9 Å². The largest absolute Gasteiger partial charge is 0.269 e. The number of amides is 2. The van der Waals surface area contributed by atoms with Gasteiger partial charge in [0.2, 0.25) is 20.0 Å². The normalized spacial score (nSPS) is 14.8. The van der Waals surface area contributed by atoms with Crippen molar-refractivity contribution in [3.8, 4) is 0 Å². The highest BCUT2D eigenvalue weighted by atomic mass is 32.2. The fourth-order valence-corrected chi connectivity index (χ4v) is 5.76. The lowest BCUT2D eigenvalue weighted by atomic mass is 10.1. The fourth-order valence-electron chi connectivity index (χ4n) is 3.37. The number of aryl methyl sites for hydroxylation is 1. The van der Waals surface area contributed by atoms with Gasteiger partial charge in [-0.3, -0.25) is 20.4 Å². The molecule has 2 amide bonds. The minimum Gasteiger partial charge on any atom is -0.267 e. The molecule has 2 aromatic rings. The predicted molar refractivity (Wildman–Crippen MR) is 117 cm³/mol. The Labute approximate surface area is 186 Å². The molecule has 0 unspecified atom stereocenters. The first-order valence-electron chi connectivity index (χ1n) is 9.76. The van der Waals surface area contributed by atoms with E-state index in [4.69, 9.17) is 5.14 Å². The average Bonchev–Trinajstić information content (AvgIpc) is 3.28. The summed E-state index contributed by atoms with van der Waals surface area (Å²) in [5, 5.41) is 5.20. The van der Waals surface area contributed by atoms with Crippen LogP contribution in [0, 0.1) is 13.8 Å². The number of carbonyl (C=O) groups excluding carboxylic acids is 2. The summed E-state index contributed by atoms with van der Waals surface area (Å²) in [5.41, 5.74) is 5.55. The van der Waals surface area contributed by atoms with E-state index in [2.05, 4.69) is 10.9 Å². The zero-order chi connectivity index (χ0) is 23.7. The van der Waals surface area contributed by atoms with Crippen molar-refractivity contribution >= 4 is 31.9 Å². The molecule has 1 saturated heterocycles. The monoisotopic (exact) mass is 480 g/mol. The Balaban J connectivity index is 1.70. The number of nitrogens with one attached hydrogen (secondary N) is 2. The van der Waals surface area contributed by atoms with Gasteiger partial charge in [0.25, 0.3) is 11.8 Å². The van der Waals surface area contributed by atoms with Crippen LogP contribution in [0.25, 0.3) is 0 Å². The molecule has 0 saturated carbocycles. The average molecular weight is 481 g/mol. The van der Waals surface area contributed by atoms with E-state index in [0.29, 0.717) is 24.2 Å². The van der Waals surface area contributed by atoms with Crippen LogP contribution >= 0.6 is 0 Å². The summed E-state index contributed by atoms with van der Waals surface area (Å²) in [6, 6.07) is 7.98. The van der Waals surface area contributed by atoms with Crippen molar-refractivity contribution in [2.24, 2.45) is 5.14 Å². The number of nitrogens with two attached hydrogens (primary N) is 1. The van der Waals surface area contributed by atoms with Crippen molar-refractivity contribution in [1.29, 1.82) is 0 Å². The van der Waals surface area contributed by atoms with E-state index in [0.717, 1.165) is 18.9 Å². The molecule has 10 nitrogen and oxygen atoms in total. The Morgan fingerprint density at radius 3 is 1.94 bits per heavy atom. The molecule has 0 aliphatic carbocycles. The number of benzene rings is 2. The molecule has 0 bridgehead atoms. The van der Waals surface area contributed by atoms with Crippen molar-refractivity contribution in [3.63, 3.8) is 0 Å². The molecule has 0 atom stereocenters. The summed E-state index contributed by atoms with van der Waals surface area (Å²) in [4.78, 5) is 24.7. The van der Waals surface area contributed by atoms with E-state index in [1.807, 2.05) is 0 Å². The zero-order valence-electron chi connectivity index (χ0n) is 17.6. The summed E-state index contributed by atoms with van der Waals surface area (Å²) in [5.74, 6) is -1.40. The maximum absolute atomic E-state index is 12.6. The Morgan fingerprint density at radius 1 is 0.875 bits per heavy atom. The Kier molecular flexibility index (Phi) is 6.69. The van der Waals surface area contributed by atoms with Gasteiger partial charge in [0.15, 0.2) is 0 Å². The number of nitrogens with zero attached hydrogens (tertiary/aromatic N) is 1. The smallest absolute Gasteiger partial charge is 0.267 e. The number of hydrogen-bond donors (Lipinski definition) is 3. The summed E-state index contributed by atoms with van der Waals surface area (Å²) < 4.78 is 50.0. The molecular formula is C20H24N4O6S2. The lowest BCUT2D eigenvalue weighted by molar-refractivity contribution is 0.0846. The number of primary sulfonamides is 1. The van der Waals surface area contributed by atoms with Crippen LogP contribution in [0.15, 0.2) is 46.2 Å². The number of sulfonamides is 2. The molecule has 0 spiro atoms. The predicted octanol–water partition coefficient (Wildman–Crippen LogP) is 0.810. The van der Waals surface area contributed by atoms with Gasteiger partial charge in [-0.2, -0.15) is 4.31 Å². The highest BCUT2D eigenvalue weighted by Crippen LogP contribution is 2.21. The molecule has 0 aromatic heterocycles. The van der Waals surface area contributed by atoms with Gasteiger partial charge in [-0.25, -0.2) is 22.0 Å². The lowest BCUT2D eigenvalue weighted by Crippen LogP contribution is -2.41. The maximum Gasteiger partial charge on any atom is 0.269 e. The van der Waals surface area contributed by atoms with Gasteiger partial charge in [-0.1, -0.05) is 0 Å². The van der Waals surface area contributed by atoms with Crippen molar-refractivity contribution in [1.82, 2.24) is 15.2 Å². The topological polar surface area (TPSA) is 156 Å². The molecule has 2 aromatic carbocycles. The van der Waals surface area contributed by atoms with Crippen molar-refractivity contribution in [3.05, 3.63) is 58.7 Å². The van der Waals surface area contributed by atoms with E-state index in [9.17, 15) is 26.4 Å². The molecule has 4 N–H and O–H groups in total. The number of carbonyl (C=O) groups is 2. The van der Waals surface area contributed by atoms with Crippen LogP contribution < -0.4 is 16.0 Å². The third-order valence-corrected chi connectivity index (χ3v) is 8.25. The molecular weight excluding hydrogens is 456 g/mol. The first kappa shape index (κ1) is 23.9. The molecule has 1 aliphatic rings. The second-order valence-corrected chi connectivity index (χ2v) is 11.0. The number of rotatable bonds is 5. The van der Waals surface area contributed by atoms with Crippen LogP contribution in [-0.2, 0) is 20.0 Å². The van der Waals surface area contributed by atoms with E-state index >= 15 is 0 Å². The van der Waals surface area contributed by atoms with Gasteiger partial charge in [0.1, 0.15) is 0 Å². The van der Waals surface area contributed by atoms with Gasteiger partial charge < -0.3 is 0 Å². The highest BCUT2D eigenvalue weighted by Gasteiger charge is 2.27. The third kappa shape index (κ3) is 4.99. The Bertz CT molecular complexity index is 1270. The minimum absolute atomic E-state index is 0.00415. The van der Waals surface area contributed by atoms with Crippen LogP contribution in [0.4, 0.5) is 0 Å². The fraction of sp³-hybridized carbons (Fsp3) is 0.300. The molecule has 32 heavy (non-hydrogen) atoms. The van der Waals surface area contributed by atoms with Crippen molar-refractivity contribution < 1.29 is 26.4 Å². The summed E-state index contributed by atoms with van der Waals surface area (Å²) in [6.45, 7) is 4.16.